The summed E-state index contributed by atoms with van der Waals surface area (Å²) in [7, 11) is 0. The number of hydrogen-bond donors (Lipinski definition) is 9. The van der Waals surface area contributed by atoms with Crippen LogP contribution in [0.4, 0.5) is 0 Å². The Morgan fingerprint density at radius 3 is 2.27 bits per heavy atom. The van der Waals surface area contributed by atoms with Crippen molar-refractivity contribution >= 4 is 11.9 Å². The number of carboxylic acids is 2. The molecule has 2 heterocycles. The van der Waals surface area contributed by atoms with Gasteiger partial charge in [0.2, 0.25) is 0 Å². The average molecular weight is 440 g/mol. The van der Waals surface area contributed by atoms with Crippen LogP contribution in [0.2, 0.25) is 0 Å². The van der Waals surface area contributed by atoms with Gasteiger partial charge in [0.15, 0.2) is 0 Å². The van der Waals surface area contributed by atoms with Crippen LogP contribution in [0.1, 0.15) is 12.8 Å². The topological polar surface area (TPSA) is 244 Å². The molecule has 0 saturated carbocycles. The van der Waals surface area contributed by atoms with Crippen LogP contribution in [0, 0.1) is 0 Å². The molecule has 14 nitrogen and oxygen atoms in total. The van der Waals surface area contributed by atoms with Crippen LogP contribution in [0.15, 0.2) is 11.8 Å². The molecule has 0 spiro atoms. The molecule has 1 fully saturated rings. The van der Waals surface area contributed by atoms with Gasteiger partial charge >= 0.3 is 17.7 Å². The molecule has 0 radical (unpaired) electrons. The first-order valence-electron chi connectivity index (χ1n) is 8.78. The van der Waals surface area contributed by atoms with Gasteiger partial charge in [0.1, 0.15) is 30.2 Å². The molecule has 172 valence electrons. The first-order chi connectivity index (χ1) is 13.9. The predicted molar refractivity (Wildman–Crippen MR) is 89.3 cm³/mol. The normalized spacial score (nSPS) is 38.8. The lowest BCUT2D eigenvalue weighted by atomic mass is 9.92. The Hall–Kier alpha value is -1.88. The van der Waals surface area contributed by atoms with E-state index in [1.165, 1.54) is 0 Å². The highest BCUT2D eigenvalue weighted by molar-refractivity contribution is 5.77. The second-order valence-electron chi connectivity index (χ2n) is 6.97. The Morgan fingerprint density at radius 2 is 1.77 bits per heavy atom. The van der Waals surface area contributed by atoms with E-state index in [0.717, 1.165) is 6.08 Å². The number of rotatable bonds is 8. The summed E-state index contributed by atoms with van der Waals surface area (Å²) in [6.07, 6.45) is -11.4. The van der Waals surface area contributed by atoms with Crippen molar-refractivity contribution in [1.82, 2.24) is 0 Å². The van der Waals surface area contributed by atoms with Gasteiger partial charge in [-0.1, -0.05) is 0 Å². The number of hydrogen-bond acceptors (Lipinski definition) is 12. The third kappa shape index (κ3) is 4.72. The van der Waals surface area contributed by atoms with Crippen molar-refractivity contribution in [2.75, 3.05) is 13.2 Å². The van der Waals surface area contributed by atoms with Crippen molar-refractivity contribution in [3.05, 3.63) is 11.8 Å². The summed E-state index contributed by atoms with van der Waals surface area (Å²) in [5.41, 5.74) is 0. The number of carbonyl (C=O) groups is 2. The maximum atomic E-state index is 11.9. The van der Waals surface area contributed by atoms with E-state index in [-0.39, 0.29) is 0 Å². The molecule has 0 aliphatic carbocycles. The smallest absolute Gasteiger partial charge is 0.377 e. The van der Waals surface area contributed by atoms with E-state index in [2.05, 4.69) is 0 Å². The molecule has 0 bridgehead atoms. The van der Waals surface area contributed by atoms with Crippen LogP contribution in [-0.2, 0) is 23.8 Å². The molecule has 2 rings (SSSR count). The SMILES string of the molecule is O=C(O)[C@@]1(O[C@H]2C=C([C@H](O)CO)O[C@@](O)(C(=O)O)C2)C[C@@H](O)[C@@H](O)[C@@H]([C@H](O)CO)O1. The van der Waals surface area contributed by atoms with Crippen molar-refractivity contribution in [2.45, 2.75) is 61.0 Å². The summed E-state index contributed by atoms with van der Waals surface area (Å²) < 4.78 is 15.3. The van der Waals surface area contributed by atoms with E-state index >= 15 is 0 Å². The van der Waals surface area contributed by atoms with Gasteiger partial charge < -0.3 is 60.2 Å². The molecule has 2 aliphatic rings. The van der Waals surface area contributed by atoms with Gasteiger partial charge in [-0.25, -0.2) is 9.59 Å². The van der Waals surface area contributed by atoms with Crippen LogP contribution in [0.5, 0.6) is 0 Å². The molecule has 0 amide bonds. The van der Waals surface area contributed by atoms with E-state index < -0.39 is 92.0 Å². The summed E-state index contributed by atoms with van der Waals surface area (Å²) in [5, 5.41) is 86.7. The Kier molecular flexibility index (Phi) is 7.39. The lowest BCUT2D eigenvalue weighted by Crippen LogP contribution is -2.64. The highest BCUT2D eigenvalue weighted by atomic mass is 16.7. The van der Waals surface area contributed by atoms with Gasteiger partial charge in [-0.2, -0.15) is 0 Å². The molecular formula is C16H24O14. The van der Waals surface area contributed by atoms with Crippen LogP contribution >= 0.6 is 0 Å². The number of aliphatic hydroxyl groups excluding tert-OH is 6. The van der Waals surface area contributed by atoms with Gasteiger partial charge in [0, 0.05) is 6.42 Å². The van der Waals surface area contributed by atoms with Crippen molar-refractivity contribution < 1.29 is 69.8 Å². The average Bonchev–Trinajstić information content (AvgIpc) is 2.68. The lowest BCUT2D eigenvalue weighted by Gasteiger charge is -2.45. The zero-order valence-electron chi connectivity index (χ0n) is 15.4. The largest absolute Gasteiger partial charge is 0.477 e. The second-order valence-corrected chi connectivity index (χ2v) is 6.97. The highest BCUT2D eigenvalue weighted by Crippen LogP contribution is 2.37. The van der Waals surface area contributed by atoms with Gasteiger partial charge in [0.25, 0.3) is 5.79 Å². The molecule has 1 saturated heterocycles. The Morgan fingerprint density at radius 1 is 1.13 bits per heavy atom. The molecule has 0 aromatic heterocycles. The molecule has 30 heavy (non-hydrogen) atoms. The third-order valence-electron chi connectivity index (χ3n) is 4.72. The number of aliphatic carboxylic acids is 2. The predicted octanol–water partition coefficient (Wildman–Crippen LogP) is -4.55. The van der Waals surface area contributed by atoms with E-state index in [1.807, 2.05) is 0 Å². The van der Waals surface area contributed by atoms with Crippen molar-refractivity contribution in [3.63, 3.8) is 0 Å². The summed E-state index contributed by atoms with van der Waals surface area (Å²) in [5.74, 6) is -10.0. The fourth-order valence-electron chi connectivity index (χ4n) is 3.13. The van der Waals surface area contributed by atoms with Gasteiger partial charge in [-0.05, 0) is 6.08 Å². The van der Waals surface area contributed by atoms with E-state index in [1.54, 1.807) is 0 Å². The van der Waals surface area contributed by atoms with E-state index in [4.69, 9.17) is 24.4 Å². The monoisotopic (exact) mass is 440 g/mol. The number of aliphatic hydroxyl groups is 7. The second kappa shape index (κ2) is 9.09. The quantitative estimate of drug-likeness (QED) is 0.173. The first-order valence-corrected chi connectivity index (χ1v) is 8.78. The van der Waals surface area contributed by atoms with Crippen molar-refractivity contribution in [2.24, 2.45) is 0 Å². The molecule has 2 aliphatic heterocycles. The summed E-state index contributed by atoms with van der Waals surface area (Å²) in [6, 6.07) is 0. The maximum absolute atomic E-state index is 11.9. The summed E-state index contributed by atoms with van der Waals surface area (Å²) in [4.78, 5) is 23.3. The zero-order chi connectivity index (χ0) is 22.9. The molecule has 0 aromatic carbocycles. The van der Waals surface area contributed by atoms with Gasteiger partial charge in [-0.15, -0.1) is 0 Å². The lowest BCUT2D eigenvalue weighted by molar-refractivity contribution is -0.337. The summed E-state index contributed by atoms with van der Waals surface area (Å²) >= 11 is 0. The van der Waals surface area contributed by atoms with Crippen LogP contribution < -0.4 is 0 Å². The molecule has 9 N–H and O–H groups in total. The minimum Gasteiger partial charge on any atom is -0.477 e. The fourth-order valence-corrected chi connectivity index (χ4v) is 3.13. The molecular weight excluding hydrogens is 416 g/mol. The van der Waals surface area contributed by atoms with Gasteiger partial charge in [-0.3, -0.25) is 0 Å². The summed E-state index contributed by atoms with van der Waals surface area (Å²) in [6.45, 7) is -1.88. The molecule has 8 atom stereocenters. The Balaban J connectivity index is 2.40. The van der Waals surface area contributed by atoms with E-state index in [0.29, 0.717) is 0 Å². The maximum Gasteiger partial charge on any atom is 0.377 e. The molecule has 14 heteroatoms. The standard InChI is InChI=1S/C16H24O14/c17-4-8(20)10-1-6(2-15(27,29-10)13(23)24)28-16(14(25)26)3-7(19)11(22)12(30-16)9(21)5-18/h1,6-9,11-12,17-22,27H,2-5H2,(H,23,24)(H,25,26)/t6-,7+,8+,9+,11+,12+,15+,16+/m0/s1. The molecule has 0 aromatic rings. The first kappa shape index (κ1) is 24.4. The minimum atomic E-state index is -2.96. The minimum absolute atomic E-state index is 0.623. The molecule has 0 unspecified atom stereocenters. The van der Waals surface area contributed by atoms with Crippen LogP contribution in [-0.4, -0.2) is 119 Å². The van der Waals surface area contributed by atoms with Crippen molar-refractivity contribution in [1.29, 1.82) is 0 Å². The Labute approximate surface area is 168 Å². The number of carboxylic acid groups (broad SMARTS) is 2. The van der Waals surface area contributed by atoms with Crippen molar-refractivity contribution in [3.8, 4) is 0 Å². The van der Waals surface area contributed by atoms with E-state index in [9.17, 15) is 45.3 Å². The zero-order valence-corrected chi connectivity index (χ0v) is 15.4. The third-order valence-corrected chi connectivity index (χ3v) is 4.72. The fraction of sp³-hybridized carbons (Fsp3) is 0.750. The van der Waals surface area contributed by atoms with Gasteiger partial charge in [0.05, 0.1) is 31.8 Å². The number of ether oxygens (including phenoxy) is 3. The van der Waals surface area contributed by atoms with Crippen LogP contribution in [0.25, 0.3) is 0 Å². The van der Waals surface area contributed by atoms with Crippen LogP contribution in [0.3, 0.4) is 0 Å². The highest BCUT2D eigenvalue weighted by Gasteiger charge is 2.57. The Bertz CT molecular complexity index is 681.